The van der Waals surface area contributed by atoms with Crippen molar-refractivity contribution in [3.63, 3.8) is 0 Å². The molecule has 1 aromatic carbocycles. The second kappa shape index (κ2) is 8.35. The van der Waals surface area contributed by atoms with Gasteiger partial charge in [0.1, 0.15) is 11.9 Å². The van der Waals surface area contributed by atoms with Crippen molar-refractivity contribution in [2.75, 3.05) is 0 Å². The number of amides is 1. The van der Waals surface area contributed by atoms with Crippen molar-refractivity contribution in [2.45, 2.75) is 27.3 Å². The number of nitrogens with one attached hydrogen (secondary N) is 2. The molecule has 4 rings (SSSR count). The second-order valence-corrected chi connectivity index (χ2v) is 7.34. The van der Waals surface area contributed by atoms with Crippen LogP contribution >= 0.6 is 0 Å². The van der Waals surface area contributed by atoms with Crippen molar-refractivity contribution in [2.24, 2.45) is 0 Å². The quantitative estimate of drug-likeness (QED) is 0.517. The number of H-pyrrole nitrogens is 1. The molecule has 8 heteroatoms. The number of carbonyl (C=O) groups excluding carboxylic acids is 1. The van der Waals surface area contributed by atoms with Gasteiger partial charge in [0.15, 0.2) is 5.76 Å². The number of hydrogen-bond acceptors (Lipinski definition) is 6. The third kappa shape index (κ3) is 4.28. The van der Waals surface area contributed by atoms with E-state index >= 15 is 0 Å². The molecule has 31 heavy (non-hydrogen) atoms. The highest BCUT2D eigenvalue weighted by Crippen LogP contribution is 2.30. The van der Waals surface area contributed by atoms with E-state index in [-0.39, 0.29) is 11.1 Å². The Hall–Kier alpha value is -4.07. The number of aromatic nitrogens is 4. The van der Waals surface area contributed by atoms with Gasteiger partial charge in [0.25, 0.3) is 11.5 Å². The lowest BCUT2D eigenvalue weighted by Crippen LogP contribution is -2.30. The highest BCUT2D eigenvalue weighted by molar-refractivity contribution is 5.95. The van der Waals surface area contributed by atoms with Gasteiger partial charge in [-0.15, -0.1) is 0 Å². The van der Waals surface area contributed by atoms with Gasteiger partial charge >= 0.3 is 0 Å². The van der Waals surface area contributed by atoms with E-state index in [4.69, 9.17) is 4.52 Å². The summed E-state index contributed by atoms with van der Waals surface area (Å²) in [5.41, 5.74) is 5.14. The van der Waals surface area contributed by atoms with E-state index in [0.717, 1.165) is 33.8 Å². The SMILES string of the molecule is Cc1cc(-c2cncnc2-c2ccc(CNC(=O)c3c(C)cc(C)[nH]c3=O)cc2)on1. The van der Waals surface area contributed by atoms with Crippen LogP contribution in [0.1, 0.15) is 32.9 Å². The van der Waals surface area contributed by atoms with Gasteiger partial charge in [-0.25, -0.2) is 9.97 Å². The number of hydrogen-bond donors (Lipinski definition) is 2. The van der Waals surface area contributed by atoms with E-state index in [1.54, 1.807) is 26.1 Å². The maximum Gasteiger partial charge on any atom is 0.261 e. The summed E-state index contributed by atoms with van der Waals surface area (Å²) in [4.78, 5) is 35.8. The Morgan fingerprint density at radius 3 is 2.58 bits per heavy atom. The summed E-state index contributed by atoms with van der Waals surface area (Å²) in [5, 5.41) is 6.74. The van der Waals surface area contributed by atoms with Crippen molar-refractivity contribution in [3.8, 4) is 22.6 Å². The first-order valence-corrected chi connectivity index (χ1v) is 9.74. The van der Waals surface area contributed by atoms with Crippen LogP contribution in [0.3, 0.4) is 0 Å². The largest absolute Gasteiger partial charge is 0.356 e. The smallest absolute Gasteiger partial charge is 0.261 e. The fraction of sp³-hybridized carbons (Fsp3) is 0.174. The minimum Gasteiger partial charge on any atom is -0.356 e. The molecule has 0 fully saturated rings. The Bertz CT molecular complexity index is 1310. The van der Waals surface area contributed by atoms with Crippen LogP contribution in [0.25, 0.3) is 22.6 Å². The van der Waals surface area contributed by atoms with Crippen LogP contribution in [-0.2, 0) is 6.54 Å². The summed E-state index contributed by atoms with van der Waals surface area (Å²) in [7, 11) is 0. The average Bonchev–Trinajstić information content (AvgIpc) is 3.18. The standard InChI is InChI=1S/C23H21N5O3/c1-13-8-14(2)27-23(30)20(13)22(29)25-10-16-4-6-17(7-5-16)21-18(11-24-12-26-21)19-9-15(3)28-31-19/h4-9,11-12H,10H2,1-3H3,(H,25,29)(H,27,30). The molecule has 1 amide bonds. The zero-order chi connectivity index (χ0) is 22.0. The number of aromatic amines is 1. The van der Waals surface area contributed by atoms with Crippen molar-refractivity contribution in [1.82, 2.24) is 25.4 Å². The molecule has 0 bridgehead atoms. The summed E-state index contributed by atoms with van der Waals surface area (Å²) >= 11 is 0. The van der Waals surface area contributed by atoms with E-state index in [1.165, 1.54) is 6.33 Å². The maximum atomic E-state index is 12.5. The number of benzene rings is 1. The average molecular weight is 415 g/mol. The maximum absolute atomic E-state index is 12.5. The van der Waals surface area contributed by atoms with Crippen LogP contribution in [0.15, 0.2) is 58.2 Å². The highest BCUT2D eigenvalue weighted by atomic mass is 16.5. The third-order valence-electron chi connectivity index (χ3n) is 4.88. The highest BCUT2D eigenvalue weighted by Gasteiger charge is 2.15. The molecule has 8 nitrogen and oxygen atoms in total. The molecule has 3 heterocycles. The molecule has 2 N–H and O–H groups in total. The minimum atomic E-state index is -0.401. The summed E-state index contributed by atoms with van der Waals surface area (Å²) in [5.74, 6) is 0.199. The topological polar surface area (TPSA) is 114 Å². The predicted octanol–water partition coefficient (Wildman–Crippen LogP) is 3.34. The molecule has 0 aliphatic heterocycles. The van der Waals surface area contributed by atoms with Gasteiger partial charge in [0.05, 0.1) is 17.0 Å². The molecule has 0 saturated carbocycles. The van der Waals surface area contributed by atoms with E-state index in [1.807, 2.05) is 37.3 Å². The molecule has 0 aliphatic rings. The summed E-state index contributed by atoms with van der Waals surface area (Å²) in [6.45, 7) is 5.68. The Kier molecular flexibility index (Phi) is 5.44. The van der Waals surface area contributed by atoms with Gasteiger partial charge in [-0.1, -0.05) is 29.4 Å². The minimum absolute atomic E-state index is 0.134. The fourth-order valence-corrected chi connectivity index (χ4v) is 3.42. The molecule has 0 unspecified atom stereocenters. The Balaban J connectivity index is 1.51. The first-order chi connectivity index (χ1) is 14.9. The lowest BCUT2D eigenvalue weighted by Gasteiger charge is -2.09. The molecular weight excluding hydrogens is 394 g/mol. The summed E-state index contributed by atoms with van der Waals surface area (Å²) in [6, 6.07) is 11.3. The van der Waals surface area contributed by atoms with Gasteiger partial charge in [0, 0.05) is 30.1 Å². The van der Waals surface area contributed by atoms with Crippen LogP contribution in [-0.4, -0.2) is 26.0 Å². The van der Waals surface area contributed by atoms with Gasteiger partial charge in [-0.2, -0.15) is 0 Å². The fourth-order valence-electron chi connectivity index (χ4n) is 3.42. The summed E-state index contributed by atoms with van der Waals surface area (Å²) < 4.78 is 5.36. The molecule has 0 spiro atoms. The summed E-state index contributed by atoms with van der Waals surface area (Å²) in [6.07, 6.45) is 3.18. The van der Waals surface area contributed by atoms with Crippen LogP contribution in [0.4, 0.5) is 0 Å². The molecule has 3 aromatic heterocycles. The van der Waals surface area contributed by atoms with Crippen molar-refractivity contribution >= 4 is 5.91 Å². The Labute approximate surface area is 178 Å². The Morgan fingerprint density at radius 2 is 1.90 bits per heavy atom. The lowest BCUT2D eigenvalue weighted by molar-refractivity contribution is 0.0948. The van der Waals surface area contributed by atoms with Crippen molar-refractivity contribution in [1.29, 1.82) is 0 Å². The molecule has 0 aliphatic carbocycles. The molecule has 4 aromatic rings. The number of carbonyl (C=O) groups is 1. The zero-order valence-electron chi connectivity index (χ0n) is 17.4. The first kappa shape index (κ1) is 20.2. The molecule has 0 radical (unpaired) electrons. The monoisotopic (exact) mass is 415 g/mol. The van der Waals surface area contributed by atoms with E-state index in [9.17, 15) is 9.59 Å². The van der Waals surface area contributed by atoms with Crippen LogP contribution in [0.5, 0.6) is 0 Å². The second-order valence-electron chi connectivity index (χ2n) is 7.34. The van der Waals surface area contributed by atoms with Crippen LogP contribution in [0.2, 0.25) is 0 Å². The van der Waals surface area contributed by atoms with Gasteiger partial charge in [0.2, 0.25) is 0 Å². The zero-order valence-corrected chi connectivity index (χ0v) is 17.4. The van der Waals surface area contributed by atoms with Gasteiger partial charge in [-0.3, -0.25) is 9.59 Å². The molecule has 156 valence electrons. The van der Waals surface area contributed by atoms with E-state index in [2.05, 4.69) is 25.4 Å². The molecular formula is C23H21N5O3. The number of rotatable bonds is 5. The third-order valence-corrected chi connectivity index (χ3v) is 4.88. The Morgan fingerprint density at radius 1 is 1.13 bits per heavy atom. The number of aryl methyl sites for hydroxylation is 3. The molecule has 0 atom stereocenters. The van der Waals surface area contributed by atoms with Gasteiger partial charge < -0.3 is 14.8 Å². The van der Waals surface area contributed by atoms with Gasteiger partial charge in [-0.05, 0) is 38.0 Å². The van der Waals surface area contributed by atoms with Crippen molar-refractivity contribution in [3.05, 3.63) is 87.4 Å². The number of pyridine rings is 1. The lowest BCUT2D eigenvalue weighted by atomic mass is 10.0. The number of nitrogens with zero attached hydrogens (tertiary/aromatic N) is 3. The first-order valence-electron chi connectivity index (χ1n) is 9.74. The van der Waals surface area contributed by atoms with Crippen LogP contribution < -0.4 is 10.9 Å². The normalized spacial score (nSPS) is 10.8. The van der Waals surface area contributed by atoms with E-state index in [0.29, 0.717) is 17.9 Å². The van der Waals surface area contributed by atoms with Crippen molar-refractivity contribution < 1.29 is 9.32 Å². The predicted molar refractivity (Wildman–Crippen MR) is 115 cm³/mol. The molecule has 0 saturated heterocycles. The van der Waals surface area contributed by atoms with E-state index < -0.39 is 5.91 Å². The van der Waals surface area contributed by atoms with Crippen LogP contribution in [0, 0.1) is 20.8 Å².